The van der Waals surface area contributed by atoms with Crippen molar-refractivity contribution in [1.82, 2.24) is 4.90 Å². The van der Waals surface area contributed by atoms with Crippen LogP contribution in [0.1, 0.15) is 24.2 Å². The predicted molar refractivity (Wildman–Crippen MR) is 124 cm³/mol. The number of para-hydroxylation sites is 1. The van der Waals surface area contributed by atoms with Crippen LogP contribution < -0.4 is 15.0 Å². The second-order valence-electron chi connectivity index (χ2n) is 7.41. The lowest BCUT2D eigenvalue weighted by molar-refractivity contribution is -0.134. The van der Waals surface area contributed by atoms with Gasteiger partial charge in [0.2, 0.25) is 5.91 Å². The predicted octanol–water partition coefficient (Wildman–Crippen LogP) is 4.67. The van der Waals surface area contributed by atoms with Crippen molar-refractivity contribution in [3.05, 3.63) is 51.5 Å². The maximum absolute atomic E-state index is 12.8. The summed E-state index contributed by atoms with van der Waals surface area (Å²) in [5.74, 6) is 0.558. The van der Waals surface area contributed by atoms with E-state index in [2.05, 4.69) is 26.1 Å². The molecular weight excluding hydrogens is 470 g/mol. The summed E-state index contributed by atoms with van der Waals surface area (Å²) >= 11 is 9.92. The van der Waals surface area contributed by atoms with Gasteiger partial charge in [0.1, 0.15) is 5.75 Å². The molecule has 1 saturated heterocycles. The number of carbonyl (C=O) groups is 2. The number of rotatable bonds is 5. The van der Waals surface area contributed by atoms with Crippen LogP contribution in [0.25, 0.3) is 0 Å². The second kappa shape index (κ2) is 9.71. The molecule has 2 aromatic rings. The van der Waals surface area contributed by atoms with Crippen molar-refractivity contribution in [2.75, 3.05) is 43.5 Å². The Morgan fingerprint density at radius 3 is 2.43 bits per heavy atom. The number of amides is 2. The van der Waals surface area contributed by atoms with Crippen molar-refractivity contribution in [3.8, 4) is 5.75 Å². The number of ether oxygens (including phenoxy) is 1. The maximum Gasteiger partial charge on any atom is 0.255 e. The Morgan fingerprint density at radius 1 is 1.13 bits per heavy atom. The molecule has 8 heteroatoms. The van der Waals surface area contributed by atoms with Crippen molar-refractivity contribution in [3.63, 3.8) is 0 Å². The zero-order chi connectivity index (χ0) is 21.8. The van der Waals surface area contributed by atoms with Crippen LogP contribution >= 0.6 is 27.5 Å². The number of nitrogens with one attached hydrogen (secondary N) is 1. The van der Waals surface area contributed by atoms with E-state index in [0.29, 0.717) is 52.7 Å². The molecule has 2 amide bonds. The summed E-state index contributed by atoms with van der Waals surface area (Å²) in [7, 11) is 1.58. The van der Waals surface area contributed by atoms with Crippen LogP contribution in [0.2, 0.25) is 5.02 Å². The molecule has 0 radical (unpaired) electrons. The lowest BCUT2D eigenvalue weighted by Gasteiger charge is -2.38. The third-order valence-electron chi connectivity index (χ3n) is 5.05. The van der Waals surface area contributed by atoms with Crippen LogP contribution in [0.5, 0.6) is 5.75 Å². The number of hydrogen-bond donors (Lipinski definition) is 1. The Balaban J connectivity index is 1.78. The highest BCUT2D eigenvalue weighted by Crippen LogP contribution is 2.35. The summed E-state index contributed by atoms with van der Waals surface area (Å²) in [4.78, 5) is 29.1. The fraction of sp³-hybridized carbons (Fsp3) is 0.364. The molecule has 3 rings (SSSR count). The van der Waals surface area contributed by atoms with Crippen LogP contribution in [-0.4, -0.2) is 50.0 Å². The average Bonchev–Trinajstić information content (AvgIpc) is 2.73. The van der Waals surface area contributed by atoms with Crippen molar-refractivity contribution in [2.24, 2.45) is 5.92 Å². The molecule has 1 aliphatic rings. The average molecular weight is 495 g/mol. The largest absolute Gasteiger partial charge is 0.496 e. The minimum absolute atomic E-state index is 0.0180. The molecule has 1 heterocycles. The van der Waals surface area contributed by atoms with Crippen LogP contribution in [-0.2, 0) is 4.79 Å². The Kier molecular flexibility index (Phi) is 7.26. The van der Waals surface area contributed by atoms with E-state index >= 15 is 0 Å². The number of hydrogen-bond acceptors (Lipinski definition) is 4. The molecular formula is C22H25BrClN3O3. The number of piperazine rings is 1. The molecule has 160 valence electrons. The highest BCUT2D eigenvalue weighted by atomic mass is 79.9. The van der Waals surface area contributed by atoms with Gasteiger partial charge in [-0.2, -0.15) is 0 Å². The summed E-state index contributed by atoms with van der Waals surface area (Å²) < 4.78 is 5.93. The number of halogens is 2. The highest BCUT2D eigenvalue weighted by molar-refractivity contribution is 9.10. The fourth-order valence-corrected chi connectivity index (χ4v) is 4.29. The molecule has 1 N–H and O–H groups in total. The first-order valence-electron chi connectivity index (χ1n) is 9.79. The second-order valence-corrected chi connectivity index (χ2v) is 8.67. The van der Waals surface area contributed by atoms with E-state index in [1.54, 1.807) is 25.3 Å². The van der Waals surface area contributed by atoms with E-state index in [4.69, 9.17) is 16.3 Å². The van der Waals surface area contributed by atoms with Crippen LogP contribution in [0.15, 0.2) is 40.9 Å². The first kappa shape index (κ1) is 22.4. The SMILES string of the molecule is COc1ccc(C(=O)Nc2cccc(Cl)c2N2CCN(C(=O)C(C)C)CC2)cc1Br. The summed E-state index contributed by atoms with van der Waals surface area (Å²) in [6.07, 6.45) is 0. The zero-order valence-corrected chi connectivity index (χ0v) is 19.6. The Labute approximate surface area is 190 Å². The lowest BCUT2D eigenvalue weighted by Crippen LogP contribution is -2.50. The first-order chi connectivity index (χ1) is 14.3. The van der Waals surface area contributed by atoms with Crippen LogP contribution in [0.3, 0.4) is 0 Å². The molecule has 0 bridgehead atoms. The number of nitrogens with zero attached hydrogens (tertiary/aromatic N) is 2. The third-order valence-corrected chi connectivity index (χ3v) is 5.98. The number of anilines is 2. The number of carbonyl (C=O) groups excluding carboxylic acids is 2. The summed E-state index contributed by atoms with van der Waals surface area (Å²) in [5, 5.41) is 3.54. The van der Waals surface area contributed by atoms with Gasteiger partial charge < -0.3 is 19.9 Å². The van der Waals surface area contributed by atoms with Gasteiger partial charge in [-0.15, -0.1) is 0 Å². The van der Waals surface area contributed by atoms with E-state index in [1.165, 1.54) is 0 Å². The smallest absolute Gasteiger partial charge is 0.255 e. The number of methoxy groups -OCH3 is 1. The standard InChI is InChI=1S/C22H25BrClN3O3/c1-14(2)22(29)27-11-9-26(10-12-27)20-17(24)5-4-6-18(20)25-21(28)15-7-8-19(30-3)16(23)13-15/h4-8,13-14H,9-12H2,1-3H3,(H,25,28). The summed E-state index contributed by atoms with van der Waals surface area (Å²) in [5.41, 5.74) is 1.92. The van der Waals surface area contributed by atoms with Gasteiger partial charge in [0.05, 0.1) is 28.0 Å². The van der Waals surface area contributed by atoms with E-state index in [0.717, 1.165) is 5.69 Å². The third kappa shape index (κ3) is 4.90. The van der Waals surface area contributed by atoms with Gasteiger partial charge in [0.15, 0.2) is 0 Å². The molecule has 0 aromatic heterocycles. The summed E-state index contributed by atoms with van der Waals surface area (Å²) in [6, 6.07) is 10.6. The lowest BCUT2D eigenvalue weighted by atomic mass is 10.1. The fourth-order valence-electron chi connectivity index (χ4n) is 3.46. The van der Waals surface area contributed by atoms with E-state index < -0.39 is 0 Å². The Bertz CT molecular complexity index is 943. The quantitative estimate of drug-likeness (QED) is 0.656. The minimum Gasteiger partial charge on any atom is -0.496 e. The molecule has 0 aliphatic carbocycles. The molecule has 0 atom stereocenters. The van der Waals surface area contributed by atoms with Gasteiger partial charge in [0, 0.05) is 37.7 Å². The van der Waals surface area contributed by atoms with E-state index in [1.807, 2.05) is 36.9 Å². The molecule has 0 spiro atoms. The minimum atomic E-state index is -0.240. The van der Waals surface area contributed by atoms with Crippen molar-refractivity contribution in [2.45, 2.75) is 13.8 Å². The van der Waals surface area contributed by atoms with Crippen molar-refractivity contribution < 1.29 is 14.3 Å². The number of benzene rings is 2. The van der Waals surface area contributed by atoms with Crippen LogP contribution in [0, 0.1) is 5.92 Å². The van der Waals surface area contributed by atoms with Gasteiger partial charge in [-0.25, -0.2) is 0 Å². The van der Waals surface area contributed by atoms with Gasteiger partial charge in [-0.05, 0) is 46.3 Å². The van der Waals surface area contributed by atoms with Gasteiger partial charge >= 0.3 is 0 Å². The zero-order valence-electron chi connectivity index (χ0n) is 17.2. The molecule has 1 aliphatic heterocycles. The van der Waals surface area contributed by atoms with Gasteiger partial charge in [0.25, 0.3) is 5.91 Å². The molecule has 30 heavy (non-hydrogen) atoms. The van der Waals surface area contributed by atoms with Gasteiger partial charge in [-0.1, -0.05) is 31.5 Å². The van der Waals surface area contributed by atoms with Crippen LogP contribution in [0.4, 0.5) is 11.4 Å². The van der Waals surface area contributed by atoms with Crippen molar-refractivity contribution in [1.29, 1.82) is 0 Å². The van der Waals surface area contributed by atoms with E-state index in [9.17, 15) is 9.59 Å². The Hall–Kier alpha value is -2.25. The molecule has 6 nitrogen and oxygen atoms in total. The molecule has 2 aromatic carbocycles. The molecule has 0 saturated carbocycles. The van der Waals surface area contributed by atoms with Crippen molar-refractivity contribution >= 4 is 50.7 Å². The highest BCUT2D eigenvalue weighted by Gasteiger charge is 2.25. The normalized spacial score (nSPS) is 14.1. The van der Waals surface area contributed by atoms with E-state index in [-0.39, 0.29) is 17.7 Å². The molecule has 0 unspecified atom stereocenters. The molecule has 1 fully saturated rings. The van der Waals surface area contributed by atoms with Gasteiger partial charge in [-0.3, -0.25) is 9.59 Å². The Morgan fingerprint density at radius 2 is 1.83 bits per heavy atom. The monoisotopic (exact) mass is 493 g/mol. The topological polar surface area (TPSA) is 61.9 Å². The first-order valence-corrected chi connectivity index (χ1v) is 11.0. The maximum atomic E-state index is 12.8. The summed E-state index contributed by atoms with van der Waals surface area (Å²) in [6.45, 7) is 6.38.